The van der Waals surface area contributed by atoms with Crippen molar-refractivity contribution in [3.63, 3.8) is 0 Å². The number of carbonyl (C=O) groups excluding carboxylic acids is 1. The lowest BCUT2D eigenvalue weighted by Crippen LogP contribution is -2.51. The predicted molar refractivity (Wildman–Crippen MR) is 91.5 cm³/mol. The van der Waals surface area contributed by atoms with E-state index in [0.717, 1.165) is 0 Å². The highest BCUT2D eigenvalue weighted by Crippen LogP contribution is 2.24. The number of rotatable bonds is 4. The molecule has 1 aliphatic heterocycles. The first-order valence-electron chi connectivity index (χ1n) is 7.97. The highest BCUT2D eigenvalue weighted by atomic mass is 35.5. The molecule has 25 heavy (non-hydrogen) atoms. The highest BCUT2D eigenvalue weighted by Gasteiger charge is 2.31. The zero-order chi connectivity index (χ0) is 17.8. The third-order valence-electron chi connectivity index (χ3n) is 4.04. The molecule has 1 aromatic heterocycles. The average molecular weight is 365 g/mol. The van der Waals surface area contributed by atoms with Gasteiger partial charge in [0, 0.05) is 18.9 Å². The Hall–Kier alpha value is -2.18. The molecule has 0 radical (unpaired) electrons. The molecule has 1 amide bonds. The van der Waals surface area contributed by atoms with Crippen molar-refractivity contribution in [3.05, 3.63) is 58.5 Å². The summed E-state index contributed by atoms with van der Waals surface area (Å²) < 4.78 is 25.3. The summed E-state index contributed by atoms with van der Waals surface area (Å²) in [7, 11) is 0. The van der Waals surface area contributed by atoms with E-state index < -0.39 is 17.8 Å². The number of hydrogen-bond donors (Lipinski definition) is 1. The van der Waals surface area contributed by atoms with Crippen molar-refractivity contribution in [2.24, 2.45) is 0 Å². The second-order valence-electron chi connectivity index (χ2n) is 5.82. The fourth-order valence-electron chi connectivity index (χ4n) is 2.67. The molecule has 132 valence electrons. The van der Waals surface area contributed by atoms with Gasteiger partial charge in [-0.15, -0.1) is 0 Å². The van der Waals surface area contributed by atoms with Crippen molar-refractivity contribution in [2.75, 3.05) is 13.2 Å². The number of pyridine rings is 1. The van der Waals surface area contributed by atoms with Crippen LogP contribution in [-0.2, 0) is 4.74 Å². The number of nitrogens with zero attached hydrogens (tertiary/aromatic N) is 1. The van der Waals surface area contributed by atoms with Crippen LogP contribution in [0.15, 0.2) is 36.5 Å². The van der Waals surface area contributed by atoms with Gasteiger partial charge in [0.1, 0.15) is 11.9 Å². The van der Waals surface area contributed by atoms with Gasteiger partial charge in [0.2, 0.25) is 5.88 Å². The van der Waals surface area contributed by atoms with Gasteiger partial charge in [-0.1, -0.05) is 23.7 Å². The predicted octanol–water partition coefficient (Wildman–Crippen LogP) is 3.15. The van der Waals surface area contributed by atoms with Crippen molar-refractivity contribution in [1.29, 1.82) is 0 Å². The van der Waals surface area contributed by atoms with Crippen LogP contribution >= 0.6 is 11.6 Å². The van der Waals surface area contributed by atoms with Gasteiger partial charge in [-0.05, 0) is 31.0 Å². The van der Waals surface area contributed by atoms with Gasteiger partial charge in [-0.2, -0.15) is 0 Å². The highest BCUT2D eigenvalue weighted by molar-refractivity contribution is 6.34. The minimum Gasteiger partial charge on any atom is -0.470 e. The van der Waals surface area contributed by atoms with E-state index in [2.05, 4.69) is 10.3 Å². The molecule has 5 nitrogen and oxygen atoms in total. The van der Waals surface area contributed by atoms with Crippen LogP contribution in [0.4, 0.5) is 4.39 Å². The zero-order valence-corrected chi connectivity index (χ0v) is 14.4. The van der Waals surface area contributed by atoms with Crippen LogP contribution < -0.4 is 10.1 Å². The molecular formula is C18H18ClFN2O3. The van der Waals surface area contributed by atoms with Gasteiger partial charge < -0.3 is 14.8 Å². The molecule has 2 atom stereocenters. The largest absolute Gasteiger partial charge is 0.470 e. The minimum atomic E-state index is -0.651. The summed E-state index contributed by atoms with van der Waals surface area (Å²) in [6.45, 7) is 2.52. The Morgan fingerprint density at radius 2 is 2.24 bits per heavy atom. The summed E-state index contributed by atoms with van der Waals surface area (Å²) in [5.74, 6) is -0.771. The smallest absolute Gasteiger partial charge is 0.256 e. The molecule has 1 saturated heterocycles. The molecule has 1 aliphatic rings. The third kappa shape index (κ3) is 4.08. The van der Waals surface area contributed by atoms with Gasteiger partial charge in [0.05, 0.1) is 23.2 Å². The second kappa shape index (κ2) is 7.80. The van der Waals surface area contributed by atoms with Gasteiger partial charge in [0.25, 0.3) is 5.91 Å². The van der Waals surface area contributed by atoms with E-state index >= 15 is 0 Å². The van der Waals surface area contributed by atoms with Crippen molar-refractivity contribution >= 4 is 17.5 Å². The first-order chi connectivity index (χ1) is 12.1. The maximum absolute atomic E-state index is 14.1. The summed E-state index contributed by atoms with van der Waals surface area (Å²) in [4.78, 5) is 16.7. The molecule has 7 heteroatoms. The number of hydrogen-bond acceptors (Lipinski definition) is 4. The van der Waals surface area contributed by atoms with Crippen LogP contribution in [0.2, 0.25) is 5.02 Å². The fraction of sp³-hybridized carbons (Fsp3) is 0.333. The summed E-state index contributed by atoms with van der Waals surface area (Å²) in [6.07, 6.45) is 1.75. The molecule has 0 bridgehead atoms. The van der Waals surface area contributed by atoms with Gasteiger partial charge in [-0.3, -0.25) is 4.79 Å². The Morgan fingerprint density at radius 3 is 3.00 bits per heavy atom. The lowest BCUT2D eigenvalue weighted by Gasteiger charge is -2.32. The molecule has 1 aromatic carbocycles. The molecule has 0 spiro atoms. The number of amides is 1. The number of aryl methyl sites for hydroxylation is 1. The van der Waals surface area contributed by atoms with Crippen LogP contribution in [0.5, 0.6) is 5.88 Å². The van der Waals surface area contributed by atoms with Gasteiger partial charge in [0.15, 0.2) is 0 Å². The van der Waals surface area contributed by atoms with Crippen LogP contribution in [0.3, 0.4) is 0 Å². The molecule has 2 aromatic rings. The summed E-state index contributed by atoms with van der Waals surface area (Å²) in [5, 5.41) is 2.94. The number of aromatic nitrogens is 1. The van der Waals surface area contributed by atoms with E-state index in [1.807, 2.05) is 6.07 Å². The standard InChI is InChI=1S/C18H18ClFN2O3/c1-11-5-6-12(20)16(17(11)19)18(23)22-13-7-9-24-10-14(13)25-15-4-2-3-8-21-15/h2-6,8,13-14H,7,9-10H2,1H3,(H,22,23)/t13-,14-/m1/s1. The zero-order valence-electron chi connectivity index (χ0n) is 13.7. The summed E-state index contributed by atoms with van der Waals surface area (Å²) in [5.41, 5.74) is 0.492. The van der Waals surface area contributed by atoms with Crippen LogP contribution in [-0.4, -0.2) is 36.3 Å². The Morgan fingerprint density at radius 1 is 1.40 bits per heavy atom. The Kier molecular flexibility index (Phi) is 5.50. The monoisotopic (exact) mass is 364 g/mol. The Bertz CT molecular complexity index is 757. The number of benzene rings is 1. The van der Waals surface area contributed by atoms with E-state index in [0.29, 0.717) is 31.1 Å². The van der Waals surface area contributed by atoms with E-state index in [4.69, 9.17) is 21.1 Å². The summed E-state index contributed by atoms with van der Waals surface area (Å²) in [6, 6.07) is 7.76. The van der Waals surface area contributed by atoms with Crippen LogP contribution in [0.25, 0.3) is 0 Å². The normalized spacial score (nSPS) is 20.1. The first kappa shape index (κ1) is 17.6. The second-order valence-corrected chi connectivity index (χ2v) is 6.20. The molecule has 3 rings (SSSR count). The van der Waals surface area contributed by atoms with Crippen molar-refractivity contribution < 1.29 is 18.7 Å². The average Bonchev–Trinajstić information content (AvgIpc) is 2.61. The molecule has 1 N–H and O–H groups in total. The number of halogens is 2. The Balaban J connectivity index is 1.76. The quantitative estimate of drug-likeness (QED) is 0.905. The lowest BCUT2D eigenvalue weighted by molar-refractivity contribution is -0.0153. The molecule has 2 heterocycles. The molecule has 0 aliphatic carbocycles. The third-order valence-corrected chi connectivity index (χ3v) is 4.53. The maximum Gasteiger partial charge on any atom is 0.256 e. The minimum absolute atomic E-state index is 0.117. The fourth-order valence-corrected chi connectivity index (χ4v) is 2.91. The molecule has 0 saturated carbocycles. The van der Waals surface area contributed by atoms with Crippen LogP contribution in [0, 0.1) is 12.7 Å². The number of ether oxygens (including phenoxy) is 2. The molecule has 0 unspecified atom stereocenters. The Labute approximate surface area is 150 Å². The first-order valence-corrected chi connectivity index (χ1v) is 8.35. The van der Waals surface area contributed by atoms with E-state index in [1.54, 1.807) is 25.3 Å². The van der Waals surface area contributed by atoms with E-state index in [1.165, 1.54) is 12.1 Å². The van der Waals surface area contributed by atoms with E-state index in [9.17, 15) is 9.18 Å². The maximum atomic E-state index is 14.1. The topological polar surface area (TPSA) is 60.5 Å². The SMILES string of the molecule is Cc1ccc(F)c(C(=O)N[C@@H]2CCOC[C@H]2Oc2ccccn2)c1Cl. The van der Waals surface area contributed by atoms with Crippen LogP contribution in [0.1, 0.15) is 22.3 Å². The summed E-state index contributed by atoms with van der Waals surface area (Å²) >= 11 is 6.11. The van der Waals surface area contributed by atoms with E-state index in [-0.39, 0.29) is 16.6 Å². The lowest BCUT2D eigenvalue weighted by atomic mass is 10.0. The van der Waals surface area contributed by atoms with Crippen molar-refractivity contribution in [2.45, 2.75) is 25.5 Å². The van der Waals surface area contributed by atoms with Gasteiger partial charge in [-0.25, -0.2) is 9.37 Å². The number of carbonyl (C=O) groups is 1. The van der Waals surface area contributed by atoms with Crippen molar-refractivity contribution in [1.82, 2.24) is 10.3 Å². The molecule has 1 fully saturated rings. The van der Waals surface area contributed by atoms with Crippen molar-refractivity contribution in [3.8, 4) is 5.88 Å². The number of nitrogens with one attached hydrogen (secondary N) is 1. The van der Waals surface area contributed by atoms with Gasteiger partial charge >= 0.3 is 0 Å². The molecular weight excluding hydrogens is 347 g/mol.